The first-order valence-corrected chi connectivity index (χ1v) is 15.9. The molecular weight excluding hydrogens is 556 g/mol. The van der Waals surface area contributed by atoms with Crippen molar-refractivity contribution >= 4 is 45.5 Å². The average molecular weight is 592 g/mol. The maximum Gasteiger partial charge on any atom is 0.397 e. The molecule has 3 nitrogen and oxygen atoms in total. The fourth-order valence-electron chi connectivity index (χ4n) is 7.27. The molecule has 1 aromatic heterocycles. The lowest BCUT2D eigenvalue weighted by Gasteiger charge is -2.40. The largest absolute Gasteiger partial charge is 0.397 e. The minimum absolute atomic E-state index is 0.282. The van der Waals surface area contributed by atoms with Crippen molar-refractivity contribution in [1.29, 1.82) is 0 Å². The number of hydrogen-bond donors (Lipinski definition) is 0. The van der Waals surface area contributed by atoms with Gasteiger partial charge in [0.25, 0.3) is 0 Å². The highest BCUT2D eigenvalue weighted by Crippen LogP contribution is 2.63. The van der Waals surface area contributed by atoms with E-state index >= 15 is 7.77 Å². The Labute approximate surface area is 254 Å². The van der Waals surface area contributed by atoms with Crippen LogP contribution in [0.1, 0.15) is 38.9 Å². The molecule has 2 aliphatic rings. The number of hydrogen-bond acceptors (Lipinski definition) is 1. The molecule has 7 rings (SSSR count). The molecule has 2 aliphatic heterocycles. The molecule has 5 aromatic rings. The number of likely N-dealkylation sites (N-methyl/N-ethyl adjacent to an activating group) is 1. The number of nitrogens with zero attached hydrogens (tertiary/aromatic N) is 3. The molecule has 43 heavy (non-hydrogen) atoms. The molecule has 216 valence electrons. The normalized spacial score (nSPS) is 19.0. The number of fused-ring (bicyclic) bond motifs is 6. The first-order valence-electron chi connectivity index (χ1n) is 14.6. The van der Waals surface area contributed by atoms with Gasteiger partial charge in [-0.05, 0) is 122 Å². The molecule has 0 amide bonds. The van der Waals surface area contributed by atoms with Gasteiger partial charge in [0.2, 0.25) is 0 Å². The van der Waals surface area contributed by atoms with Gasteiger partial charge in [0.15, 0.2) is 11.2 Å². The van der Waals surface area contributed by atoms with Crippen LogP contribution >= 0.6 is 11.2 Å². The van der Waals surface area contributed by atoms with E-state index in [0.717, 1.165) is 33.2 Å². The highest BCUT2D eigenvalue weighted by molar-refractivity contribution is 8.19. The van der Waals surface area contributed by atoms with Gasteiger partial charge in [-0.1, -0.05) is 57.1 Å². The molecule has 3 heterocycles. The monoisotopic (exact) mass is 591 g/mol. The Morgan fingerprint density at radius 3 is 1.81 bits per heavy atom. The average Bonchev–Trinajstić information content (AvgIpc) is 2.92. The standard InChI is InChI=1S/C37H35F2N3S/c1-22-16-24(3)36(25(4)17-22)30-8-12-32-28(20-30)10-14-34-40-35-15-11-29-21-31(37-26(5)18-23(2)19-27(37)6)9-13-33(29)42(35,7)43(38,39)41(32)34/h8-21H,1-7H3/q+2. The summed E-state index contributed by atoms with van der Waals surface area (Å²) in [6.45, 7) is 12.6. The smallest absolute Gasteiger partial charge is 0.0997 e. The van der Waals surface area contributed by atoms with Crippen LogP contribution in [0.5, 0.6) is 0 Å². The number of rotatable bonds is 2. The van der Waals surface area contributed by atoms with Crippen LogP contribution in [0, 0.1) is 41.5 Å². The highest BCUT2D eigenvalue weighted by atomic mass is 32.3. The van der Waals surface area contributed by atoms with E-state index in [1.807, 2.05) is 48.5 Å². The minimum Gasteiger partial charge on any atom is -0.0997 e. The van der Waals surface area contributed by atoms with Crippen molar-refractivity contribution in [2.75, 3.05) is 7.05 Å². The van der Waals surface area contributed by atoms with Gasteiger partial charge in [-0.25, -0.2) is 0 Å². The third-order valence-corrected chi connectivity index (χ3v) is 11.1. The van der Waals surface area contributed by atoms with Crippen molar-refractivity contribution in [3.63, 3.8) is 0 Å². The molecule has 0 aliphatic carbocycles. The lowest BCUT2D eigenvalue weighted by atomic mass is 9.92. The molecule has 0 spiro atoms. The Morgan fingerprint density at radius 1 is 0.651 bits per heavy atom. The molecule has 0 bridgehead atoms. The van der Waals surface area contributed by atoms with Crippen LogP contribution in [0.4, 0.5) is 19.3 Å². The van der Waals surface area contributed by atoms with Gasteiger partial charge in [-0.3, -0.25) is 0 Å². The number of aryl methyl sites for hydroxylation is 6. The van der Waals surface area contributed by atoms with E-state index in [4.69, 9.17) is 4.99 Å². The molecule has 1 atom stereocenters. The highest BCUT2D eigenvalue weighted by Gasteiger charge is 2.64. The van der Waals surface area contributed by atoms with Crippen molar-refractivity contribution in [3.05, 3.63) is 118 Å². The number of amidine groups is 1. The minimum atomic E-state index is -4.51. The molecule has 0 fully saturated rings. The van der Waals surface area contributed by atoms with Gasteiger partial charge in [-0.15, -0.1) is 0 Å². The maximum absolute atomic E-state index is 17.2. The summed E-state index contributed by atoms with van der Waals surface area (Å²) in [7, 11) is 1.61. The Morgan fingerprint density at radius 2 is 1.21 bits per heavy atom. The number of quaternary nitrogens is 1. The van der Waals surface area contributed by atoms with E-state index < -0.39 is 15.1 Å². The summed E-state index contributed by atoms with van der Waals surface area (Å²) in [5.74, 6) is 0.633. The number of aliphatic imine (C=N–C) groups is 1. The number of pyridine rings is 1. The van der Waals surface area contributed by atoms with Crippen LogP contribution in [0.2, 0.25) is 0 Å². The summed E-state index contributed by atoms with van der Waals surface area (Å²) in [6, 6.07) is 24.1. The van der Waals surface area contributed by atoms with Crippen molar-refractivity contribution in [1.82, 2.24) is 3.89 Å². The van der Waals surface area contributed by atoms with Crippen LogP contribution < -0.4 is 7.86 Å². The summed E-state index contributed by atoms with van der Waals surface area (Å²) in [6.07, 6.45) is 3.70. The zero-order chi connectivity index (χ0) is 30.4. The summed E-state index contributed by atoms with van der Waals surface area (Å²) < 4.78 is 35.0. The fourth-order valence-corrected chi connectivity index (χ4v) is 9.06. The first kappa shape index (κ1) is 27.7. The van der Waals surface area contributed by atoms with Crippen molar-refractivity contribution in [3.8, 4) is 22.3 Å². The summed E-state index contributed by atoms with van der Waals surface area (Å²) in [5, 5.41) is 0.770. The Hall–Kier alpha value is -4.13. The number of benzene rings is 4. The van der Waals surface area contributed by atoms with Crippen molar-refractivity contribution < 1.29 is 11.7 Å². The van der Waals surface area contributed by atoms with Gasteiger partial charge in [-0.2, -0.15) is 0 Å². The fraction of sp³-hybridized carbons (Fsp3) is 0.189. The zero-order valence-corrected chi connectivity index (χ0v) is 26.4. The van der Waals surface area contributed by atoms with E-state index in [-0.39, 0.29) is 5.82 Å². The number of aromatic nitrogens is 1. The van der Waals surface area contributed by atoms with E-state index in [2.05, 4.69) is 65.8 Å². The van der Waals surface area contributed by atoms with E-state index in [9.17, 15) is 0 Å². The van der Waals surface area contributed by atoms with Crippen LogP contribution in [0.15, 0.2) is 83.9 Å². The topological polar surface area (TPSA) is 16.2 Å². The van der Waals surface area contributed by atoms with Gasteiger partial charge in [0, 0.05) is 34.2 Å². The van der Waals surface area contributed by atoms with Crippen LogP contribution in [0.3, 0.4) is 0 Å². The second-order valence-corrected chi connectivity index (χ2v) is 14.2. The van der Waals surface area contributed by atoms with Crippen molar-refractivity contribution in [2.45, 2.75) is 41.5 Å². The molecule has 0 saturated heterocycles. The Bertz CT molecular complexity index is 2050. The lowest BCUT2D eigenvalue weighted by Crippen LogP contribution is -2.61. The molecule has 1 unspecified atom stereocenters. The van der Waals surface area contributed by atoms with E-state index in [1.165, 1.54) is 37.4 Å². The van der Waals surface area contributed by atoms with Crippen LogP contribution in [0.25, 0.3) is 39.2 Å². The predicted octanol–water partition coefficient (Wildman–Crippen LogP) is 10.3. The predicted molar refractivity (Wildman–Crippen MR) is 179 cm³/mol. The summed E-state index contributed by atoms with van der Waals surface area (Å²) in [4.78, 5) is 4.83. The third kappa shape index (κ3) is 3.96. The van der Waals surface area contributed by atoms with Crippen LogP contribution in [-0.4, -0.2) is 12.9 Å². The second kappa shape index (κ2) is 9.43. The van der Waals surface area contributed by atoms with Crippen LogP contribution in [-0.2, 0) is 0 Å². The van der Waals surface area contributed by atoms with Gasteiger partial charge in [0.1, 0.15) is 0 Å². The maximum atomic E-state index is 17.2. The summed E-state index contributed by atoms with van der Waals surface area (Å²) in [5.41, 5.74) is 13.4. The zero-order valence-electron chi connectivity index (χ0n) is 25.6. The Kier molecular flexibility index (Phi) is 6.07. The lowest BCUT2D eigenvalue weighted by molar-refractivity contribution is -0.476. The SMILES string of the molecule is Cc1cc(C)c(-c2ccc3c(c2)C=CC2=Nc4ccc5cc(-c6c(C)cc(C)cc6C)ccc5[n+]4S(F)(F)[N+]23C)c(C)c1. The van der Waals surface area contributed by atoms with Gasteiger partial charge >= 0.3 is 22.8 Å². The summed E-state index contributed by atoms with van der Waals surface area (Å²) >= 11 is -4.51. The quantitative estimate of drug-likeness (QED) is 0.143. The third-order valence-electron chi connectivity index (χ3n) is 9.02. The Balaban J connectivity index is 1.39. The second-order valence-electron chi connectivity index (χ2n) is 12.2. The molecule has 0 N–H and O–H groups in total. The van der Waals surface area contributed by atoms with Gasteiger partial charge in [0.05, 0.1) is 7.05 Å². The number of halogens is 2. The molecule has 6 heteroatoms. The van der Waals surface area contributed by atoms with Crippen molar-refractivity contribution in [2.24, 2.45) is 4.99 Å². The molecule has 0 radical (unpaired) electrons. The van der Waals surface area contributed by atoms with E-state index in [0.29, 0.717) is 17.0 Å². The molecule has 4 aromatic carbocycles. The van der Waals surface area contributed by atoms with Gasteiger partial charge < -0.3 is 0 Å². The first-order chi connectivity index (χ1) is 20.4. The molecule has 0 saturated carbocycles. The molecular formula is C37H35F2N3S+2. The van der Waals surface area contributed by atoms with E-state index in [1.54, 1.807) is 19.2 Å².